The number of aryl methyl sites for hydroxylation is 2. The van der Waals surface area contributed by atoms with Crippen molar-refractivity contribution in [1.82, 2.24) is 14.5 Å². The van der Waals surface area contributed by atoms with Crippen LogP contribution in [0.5, 0.6) is 0 Å². The minimum atomic E-state index is 0.150. The highest BCUT2D eigenvalue weighted by Crippen LogP contribution is 2.55. The van der Waals surface area contributed by atoms with Crippen LogP contribution in [0.4, 0.5) is 0 Å². The minimum absolute atomic E-state index is 0.150. The topological polar surface area (TPSA) is 21.1 Å². The number of hydrogen-bond donors (Lipinski definition) is 0. The van der Waals surface area contributed by atoms with Gasteiger partial charge in [0.15, 0.2) is 0 Å². The third-order valence-corrected chi connectivity index (χ3v) is 8.30. The smallest absolute Gasteiger partial charge is 0.140 e. The van der Waals surface area contributed by atoms with Gasteiger partial charge in [0.1, 0.15) is 5.01 Å². The van der Waals surface area contributed by atoms with Crippen LogP contribution in [0.25, 0.3) is 16.6 Å². The van der Waals surface area contributed by atoms with Gasteiger partial charge in [-0.1, -0.05) is 32.0 Å². The zero-order valence-electron chi connectivity index (χ0n) is 17.5. The first-order valence-electron chi connectivity index (χ1n) is 10.5. The van der Waals surface area contributed by atoms with Gasteiger partial charge in [-0.05, 0) is 57.9 Å². The molecule has 0 saturated heterocycles. The molecule has 0 unspecified atom stereocenters. The average Bonchev–Trinajstić information content (AvgIpc) is 3.22. The molecular formula is C24H29N3S. The van der Waals surface area contributed by atoms with Crippen LogP contribution in [0.15, 0.2) is 30.3 Å². The molecule has 0 aliphatic carbocycles. The maximum absolute atomic E-state index is 4.99. The van der Waals surface area contributed by atoms with E-state index in [0.29, 0.717) is 6.04 Å². The van der Waals surface area contributed by atoms with E-state index in [2.05, 4.69) is 74.6 Å². The largest absolute Gasteiger partial charge is 0.309 e. The number of benzene rings is 1. The summed E-state index contributed by atoms with van der Waals surface area (Å²) in [6, 6.07) is 9.40. The summed E-state index contributed by atoms with van der Waals surface area (Å²) in [6.45, 7) is 10.2. The van der Waals surface area contributed by atoms with E-state index in [9.17, 15) is 0 Å². The monoisotopic (exact) mass is 391 g/mol. The zero-order chi connectivity index (χ0) is 19.6. The summed E-state index contributed by atoms with van der Waals surface area (Å²) in [5, 5.41) is 2.59. The molecule has 0 saturated carbocycles. The van der Waals surface area contributed by atoms with Crippen molar-refractivity contribution in [2.24, 2.45) is 5.41 Å². The van der Waals surface area contributed by atoms with E-state index in [1.54, 1.807) is 5.56 Å². The van der Waals surface area contributed by atoms with Gasteiger partial charge in [-0.15, -0.1) is 11.3 Å². The van der Waals surface area contributed by atoms with Crippen molar-refractivity contribution in [2.45, 2.75) is 53.0 Å². The summed E-state index contributed by atoms with van der Waals surface area (Å²) >= 11 is 1.84. The zero-order valence-corrected chi connectivity index (χ0v) is 18.4. The van der Waals surface area contributed by atoms with Gasteiger partial charge in [0.25, 0.3) is 0 Å². The van der Waals surface area contributed by atoms with E-state index in [-0.39, 0.29) is 5.41 Å². The highest BCUT2D eigenvalue weighted by atomic mass is 32.1. The van der Waals surface area contributed by atoms with Crippen LogP contribution in [-0.2, 0) is 6.42 Å². The molecule has 0 radical (unpaired) electrons. The van der Waals surface area contributed by atoms with Crippen LogP contribution >= 0.6 is 11.3 Å². The summed E-state index contributed by atoms with van der Waals surface area (Å²) in [7, 11) is 2.31. The first-order valence-corrected chi connectivity index (χ1v) is 11.3. The molecule has 4 heterocycles. The van der Waals surface area contributed by atoms with E-state index in [1.165, 1.54) is 27.2 Å². The van der Waals surface area contributed by atoms with Crippen molar-refractivity contribution in [1.29, 1.82) is 0 Å². The van der Waals surface area contributed by atoms with Crippen molar-refractivity contribution in [2.75, 3.05) is 13.6 Å². The van der Waals surface area contributed by atoms with Gasteiger partial charge in [0.05, 0.1) is 22.9 Å². The van der Waals surface area contributed by atoms with Crippen LogP contribution in [-0.4, -0.2) is 28.0 Å². The lowest BCUT2D eigenvalue weighted by molar-refractivity contribution is 0.0942. The first-order chi connectivity index (χ1) is 13.5. The number of nitrogens with zero attached hydrogens (tertiary/aromatic N) is 3. The fourth-order valence-corrected chi connectivity index (χ4v) is 6.39. The lowest BCUT2D eigenvalue weighted by Gasteiger charge is -2.48. The van der Waals surface area contributed by atoms with Crippen molar-refractivity contribution >= 4 is 27.9 Å². The second kappa shape index (κ2) is 6.30. The van der Waals surface area contributed by atoms with Crippen LogP contribution in [0.3, 0.4) is 0 Å². The fourth-order valence-electron chi connectivity index (χ4n) is 5.47. The van der Waals surface area contributed by atoms with Gasteiger partial charge in [-0.2, -0.15) is 0 Å². The van der Waals surface area contributed by atoms with E-state index >= 15 is 0 Å². The van der Waals surface area contributed by atoms with E-state index < -0.39 is 0 Å². The molecule has 28 heavy (non-hydrogen) atoms. The molecule has 0 N–H and O–H groups in total. The molecule has 0 spiro atoms. The number of likely N-dealkylation sites (N-methyl/N-ethyl adjacent to an activating group) is 1. The number of rotatable bonds is 3. The molecule has 5 rings (SSSR count). The molecule has 0 amide bonds. The summed E-state index contributed by atoms with van der Waals surface area (Å²) in [4.78, 5) is 8.90. The Morgan fingerprint density at radius 2 is 1.93 bits per heavy atom. The summed E-state index contributed by atoms with van der Waals surface area (Å²) in [5.74, 6) is 0. The predicted octanol–water partition coefficient (Wildman–Crippen LogP) is 5.95. The highest BCUT2D eigenvalue weighted by Gasteiger charge is 2.47. The molecule has 0 bridgehead atoms. The first kappa shape index (κ1) is 18.1. The Morgan fingerprint density at radius 1 is 1.18 bits per heavy atom. The minimum Gasteiger partial charge on any atom is -0.309 e. The Morgan fingerprint density at radius 3 is 2.61 bits per heavy atom. The second-order valence-corrected chi connectivity index (χ2v) is 9.68. The van der Waals surface area contributed by atoms with Crippen LogP contribution in [0, 0.1) is 19.3 Å². The van der Waals surface area contributed by atoms with Crippen LogP contribution < -0.4 is 0 Å². The number of thiazole rings is 1. The SMILES string of the molecule is CCC1(CC)C=C(c2nc(C)c(C)s2)n2c3c(c4ccccc42)CCN(C)[C@H]31. The molecule has 3 aromatic rings. The third-order valence-electron chi connectivity index (χ3n) is 7.21. The standard InChI is InChI=1S/C24H29N3S/c1-6-24(7-2)14-20(23-25-15(3)16(4)28-23)27-19-11-9-8-10-17(19)18-12-13-26(5)22(24)21(18)27/h8-11,14,22H,6-7,12-13H2,1-5H3/t22-/m1/s1. The maximum Gasteiger partial charge on any atom is 0.140 e. The molecule has 2 aliphatic heterocycles. The number of hydrogen-bond acceptors (Lipinski definition) is 3. The molecule has 2 aromatic heterocycles. The molecule has 4 heteroatoms. The van der Waals surface area contributed by atoms with E-state index in [0.717, 1.165) is 36.5 Å². The summed E-state index contributed by atoms with van der Waals surface area (Å²) in [6.07, 6.45) is 5.99. The molecule has 1 aromatic carbocycles. The van der Waals surface area contributed by atoms with Crippen molar-refractivity contribution in [3.8, 4) is 0 Å². The molecule has 3 nitrogen and oxygen atoms in total. The number of aromatic nitrogens is 2. The lowest BCUT2D eigenvalue weighted by Crippen LogP contribution is -2.45. The summed E-state index contributed by atoms with van der Waals surface area (Å²) in [5.41, 5.74) is 7.02. The normalized spacial score (nSPS) is 21.0. The third kappa shape index (κ3) is 2.28. The van der Waals surface area contributed by atoms with Crippen LogP contribution in [0.2, 0.25) is 0 Å². The quantitative estimate of drug-likeness (QED) is 0.550. The fraction of sp³-hybridized carbons (Fsp3) is 0.458. The van der Waals surface area contributed by atoms with Gasteiger partial charge in [-0.25, -0.2) is 4.98 Å². The predicted molar refractivity (Wildman–Crippen MR) is 119 cm³/mol. The molecule has 2 aliphatic rings. The molecule has 0 fully saturated rings. The van der Waals surface area contributed by atoms with Crippen molar-refractivity contribution in [3.63, 3.8) is 0 Å². The molecule has 146 valence electrons. The number of para-hydroxylation sites is 1. The van der Waals surface area contributed by atoms with Crippen molar-refractivity contribution < 1.29 is 0 Å². The molecular weight excluding hydrogens is 362 g/mol. The Labute approximate surface area is 171 Å². The number of fused-ring (bicyclic) bond motifs is 3. The van der Waals surface area contributed by atoms with Gasteiger partial charge in [0.2, 0.25) is 0 Å². The van der Waals surface area contributed by atoms with Crippen LogP contribution in [0.1, 0.15) is 59.6 Å². The van der Waals surface area contributed by atoms with E-state index in [4.69, 9.17) is 4.98 Å². The van der Waals surface area contributed by atoms with Gasteiger partial charge >= 0.3 is 0 Å². The summed E-state index contributed by atoms with van der Waals surface area (Å²) < 4.78 is 2.55. The van der Waals surface area contributed by atoms with Crippen molar-refractivity contribution in [3.05, 3.63) is 57.2 Å². The average molecular weight is 392 g/mol. The van der Waals surface area contributed by atoms with E-state index in [1.807, 2.05) is 11.3 Å². The van der Waals surface area contributed by atoms with Gasteiger partial charge in [0, 0.05) is 27.9 Å². The highest BCUT2D eigenvalue weighted by molar-refractivity contribution is 7.12. The Balaban J connectivity index is 1.90. The lowest BCUT2D eigenvalue weighted by atomic mass is 9.69. The molecule has 1 atom stereocenters. The van der Waals surface area contributed by atoms with Gasteiger partial charge in [-0.3, -0.25) is 4.90 Å². The van der Waals surface area contributed by atoms with Gasteiger partial charge < -0.3 is 4.57 Å². The Bertz CT molecular complexity index is 1080. The maximum atomic E-state index is 4.99. The Hall–Kier alpha value is -1.91. The Kier molecular flexibility index (Phi) is 4.08. The second-order valence-electron chi connectivity index (χ2n) is 8.48.